The average molecular weight is 333 g/mol. The summed E-state index contributed by atoms with van der Waals surface area (Å²) in [5.74, 6) is -0.231. The predicted molar refractivity (Wildman–Crippen MR) is 84.8 cm³/mol. The molecule has 2 N–H and O–H groups in total. The minimum Gasteiger partial charge on any atom is -0.467 e. The molecule has 0 radical (unpaired) electrons. The average Bonchev–Trinajstić information content (AvgIpc) is 3.15. The van der Waals surface area contributed by atoms with Gasteiger partial charge in [0.2, 0.25) is 0 Å². The van der Waals surface area contributed by atoms with Gasteiger partial charge in [-0.15, -0.1) is 11.3 Å². The largest absolute Gasteiger partial charge is 0.467 e. The number of nitrogens with zero attached hydrogens (tertiary/aromatic N) is 2. The highest BCUT2D eigenvalue weighted by atomic mass is 32.1. The fourth-order valence-electron chi connectivity index (χ4n) is 2.20. The highest BCUT2D eigenvalue weighted by Crippen LogP contribution is 2.18. The maximum atomic E-state index is 12.5. The number of hydrogen-bond donors (Lipinski definition) is 2. The monoisotopic (exact) mass is 333 g/mol. The van der Waals surface area contributed by atoms with Crippen LogP contribution >= 0.6 is 11.3 Å². The molecule has 0 saturated heterocycles. The Morgan fingerprint density at radius 2 is 2.30 bits per heavy atom. The Kier molecular flexibility index (Phi) is 4.01. The number of thiazole rings is 1. The number of fused-ring (bicyclic) bond motifs is 1. The van der Waals surface area contributed by atoms with Crippen molar-refractivity contribution in [1.82, 2.24) is 14.7 Å². The van der Waals surface area contributed by atoms with E-state index >= 15 is 0 Å². The van der Waals surface area contributed by atoms with Gasteiger partial charge in [0.25, 0.3) is 11.5 Å². The number of amides is 1. The molecule has 3 aromatic heterocycles. The van der Waals surface area contributed by atoms with E-state index in [1.165, 1.54) is 28.2 Å². The number of aromatic nitrogens is 2. The van der Waals surface area contributed by atoms with Gasteiger partial charge < -0.3 is 14.8 Å². The summed E-state index contributed by atoms with van der Waals surface area (Å²) < 4.78 is 6.48. The molecule has 0 saturated carbocycles. The highest BCUT2D eigenvalue weighted by molar-refractivity contribution is 7.17. The van der Waals surface area contributed by atoms with Crippen LogP contribution in [0.25, 0.3) is 4.96 Å². The molecule has 0 spiro atoms. The van der Waals surface area contributed by atoms with E-state index in [1.54, 1.807) is 12.1 Å². The molecule has 0 fully saturated rings. The lowest BCUT2D eigenvalue weighted by Crippen LogP contribution is -2.34. The van der Waals surface area contributed by atoms with Gasteiger partial charge in [-0.25, -0.2) is 4.98 Å². The van der Waals surface area contributed by atoms with Gasteiger partial charge in [-0.3, -0.25) is 14.0 Å². The van der Waals surface area contributed by atoms with E-state index in [9.17, 15) is 14.7 Å². The first-order valence-corrected chi connectivity index (χ1v) is 7.78. The van der Waals surface area contributed by atoms with Crippen molar-refractivity contribution < 1.29 is 14.3 Å². The van der Waals surface area contributed by atoms with Crippen LogP contribution in [0.3, 0.4) is 0 Å². The molecule has 3 heterocycles. The van der Waals surface area contributed by atoms with E-state index in [1.807, 2.05) is 13.8 Å². The van der Waals surface area contributed by atoms with Gasteiger partial charge in [0, 0.05) is 16.8 Å². The normalized spacial score (nSPS) is 12.5. The molecule has 0 aromatic carbocycles. The number of rotatable bonds is 4. The molecule has 1 atom stereocenters. The summed E-state index contributed by atoms with van der Waals surface area (Å²) in [5.41, 5.74) is 0.296. The van der Waals surface area contributed by atoms with Crippen LogP contribution in [0.1, 0.15) is 32.8 Å². The summed E-state index contributed by atoms with van der Waals surface area (Å²) in [6.45, 7) is 3.65. The fourth-order valence-corrected chi connectivity index (χ4v) is 3.13. The molecule has 1 unspecified atom stereocenters. The number of aliphatic hydroxyl groups is 1. The van der Waals surface area contributed by atoms with E-state index < -0.39 is 17.6 Å². The third-order valence-corrected chi connectivity index (χ3v) is 4.66. The first-order chi connectivity index (χ1) is 11.0. The van der Waals surface area contributed by atoms with Gasteiger partial charge in [-0.1, -0.05) is 0 Å². The Morgan fingerprint density at radius 1 is 1.52 bits per heavy atom. The Labute approximate surface area is 135 Å². The number of furan rings is 1. The Morgan fingerprint density at radius 3 is 3.00 bits per heavy atom. The molecule has 0 bridgehead atoms. The lowest BCUT2D eigenvalue weighted by molar-refractivity contribution is 0.0899. The summed E-state index contributed by atoms with van der Waals surface area (Å²) in [6, 6.07) is 3.25. The van der Waals surface area contributed by atoms with Gasteiger partial charge in [-0.05, 0) is 26.0 Å². The van der Waals surface area contributed by atoms with Gasteiger partial charge >= 0.3 is 0 Å². The molecule has 0 aliphatic rings. The van der Waals surface area contributed by atoms with Crippen LogP contribution in [0.5, 0.6) is 0 Å². The number of hydrogen-bond acceptors (Lipinski definition) is 6. The first-order valence-electron chi connectivity index (χ1n) is 6.96. The molecule has 3 rings (SSSR count). The second kappa shape index (κ2) is 5.98. The minimum absolute atomic E-state index is 0.0594. The van der Waals surface area contributed by atoms with Crippen LogP contribution in [-0.4, -0.2) is 26.9 Å². The maximum Gasteiger partial charge on any atom is 0.271 e. The zero-order valence-corrected chi connectivity index (χ0v) is 13.4. The van der Waals surface area contributed by atoms with E-state index in [4.69, 9.17) is 4.42 Å². The third kappa shape index (κ3) is 2.78. The molecule has 23 heavy (non-hydrogen) atoms. The quantitative estimate of drug-likeness (QED) is 0.753. The van der Waals surface area contributed by atoms with Gasteiger partial charge in [-0.2, -0.15) is 0 Å². The van der Waals surface area contributed by atoms with Crippen LogP contribution in [-0.2, 0) is 0 Å². The van der Waals surface area contributed by atoms with Crippen LogP contribution in [0.15, 0.2) is 33.8 Å². The Bertz CT molecular complexity index is 911. The lowest BCUT2D eigenvalue weighted by atomic mass is 10.2. The van der Waals surface area contributed by atoms with E-state index in [-0.39, 0.29) is 12.1 Å². The third-order valence-electron chi connectivity index (χ3n) is 3.59. The van der Waals surface area contributed by atoms with E-state index in [0.717, 1.165) is 10.6 Å². The number of carbonyl (C=O) groups excluding carboxylic acids is 1. The van der Waals surface area contributed by atoms with Crippen molar-refractivity contribution in [2.45, 2.75) is 20.0 Å². The van der Waals surface area contributed by atoms with Crippen molar-refractivity contribution in [3.05, 3.63) is 56.8 Å². The highest BCUT2D eigenvalue weighted by Gasteiger charge is 2.18. The van der Waals surface area contributed by atoms with Crippen LogP contribution in [0.2, 0.25) is 0 Å². The second-order valence-electron chi connectivity index (χ2n) is 5.08. The lowest BCUT2D eigenvalue weighted by Gasteiger charge is -2.09. The topological polar surface area (TPSA) is 96.8 Å². The zero-order chi connectivity index (χ0) is 16.6. The standard InChI is InChI=1S/C15H15N3O4S/c1-8-9(2)23-15-17-6-10(14(21)18(8)15)13(20)16-7-11(19)12-4-3-5-22-12/h3-6,11,19H,7H2,1-2H3,(H,16,20). The summed E-state index contributed by atoms with van der Waals surface area (Å²) in [4.78, 5) is 30.4. The number of nitrogens with one attached hydrogen (secondary N) is 1. The van der Waals surface area contributed by atoms with E-state index in [0.29, 0.717) is 10.7 Å². The van der Waals surface area contributed by atoms with Crippen molar-refractivity contribution in [3.63, 3.8) is 0 Å². The van der Waals surface area contributed by atoms with Gasteiger partial charge in [0.15, 0.2) is 4.96 Å². The molecule has 0 aliphatic carbocycles. The molecular weight excluding hydrogens is 318 g/mol. The summed E-state index contributed by atoms with van der Waals surface area (Å²) in [7, 11) is 0. The van der Waals surface area contributed by atoms with Crippen LogP contribution in [0, 0.1) is 13.8 Å². The predicted octanol–water partition coefficient (Wildman–Crippen LogP) is 1.43. The Hall–Kier alpha value is -2.45. The Balaban J connectivity index is 1.82. The van der Waals surface area contributed by atoms with Crippen molar-refractivity contribution in [3.8, 4) is 0 Å². The summed E-state index contributed by atoms with van der Waals surface area (Å²) >= 11 is 1.40. The molecule has 7 nitrogen and oxygen atoms in total. The maximum absolute atomic E-state index is 12.5. The van der Waals surface area contributed by atoms with Crippen molar-refractivity contribution in [2.24, 2.45) is 0 Å². The van der Waals surface area contributed by atoms with E-state index in [2.05, 4.69) is 10.3 Å². The van der Waals surface area contributed by atoms with Crippen molar-refractivity contribution >= 4 is 22.2 Å². The molecule has 120 valence electrons. The first kappa shape index (κ1) is 15.4. The smallest absolute Gasteiger partial charge is 0.271 e. The van der Waals surface area contributed by atoms with Crippen molar-refractivity contribution in [1.29, 1.82) is 0 Å². The molecule has 1 amide bonds. The molecular formula is C15H15N3O4S. The molecule has 8 heteroatoms. The number of aryl methyl sites for hydroxylation is 2. The zero-order valence-electron chi connectivity index (χ0n) is 12.6. The second-order valence-corrected chi connectivity index (χ2v) is 6.26. The molecule has 3 aromatic rings. The SMILES string of the molecule is Cc1sc2ncc(C(=O)NCC(O)c3ccco3)c(=O)n2c1C. The minimum atomic E-state index is -0.974. The molecule has 0 aliphatic heterocycles. The van der Waals surface area contributed by atoms with Crippen LogP contribution < -0.4 is 10.9 Å². The fraction of sp³-hybridized carbons (Fsp3) is 0.267. The number of carbonyl (C=O) groups is 1. The summed E-state index contributed by atoms with van der Waals surface area (Å²) in [6.07, 6.45) is 1.73. The van der Waals surface area contributed by atoms with Gasteiger partial charge in [0.05, 0.1) is 12.8 Å². The summed E-state index contributed by atoms with van der Waals surface area (Å²) in [5, 5.41) is 12.4. The van der Waals surface area contributed by atoms with Crippen molar-refractivity contribution in [2.75, 3.05) is 6.54 Å². The van der Waals surface area contributed by atoms with Gasteiger partial charge in [0.1, 0.15) is 17.4 Å². The van der Waals surface area contributed by atoms with Crippen LogP contribution in [0.4, 0.5) is 0 Å². The number of aliphatic hydroxyl groups excluding tert-OH is 1.